The van der Waals surface area contributed by atoms with E-state index in [0.717, 1.165) is 0 Å². The number of nitrogens with one attached hydrogen (secondary N) is 1. The molecule has 0 aromatic heterocycles. The normalized spacial score (nSPS) is 18.8. The highest BCUT2D eigenvalue weighted by Gasteiger charge is 2.51. The number of alkyl halides is 3. The molecule has 10 heteroatoms. The Kier molecular flexibility index (Phi) is 8.42. The van der Waals surface area contributed by atoms with Gasteiger partial charge in [0.1, 0.15) is 22.9 Å². The smallest absolute Gasteiger partial charge is 0.425 e. The van der Waals surface area contributed by atoms with E-state index in [0.29, 0.717) is 32.7 Å². The largest absolute Gasteiger partial charge is 0.497 e. The summed E-state index contributed by atoms with van der Waals surface area (Å²) in [4.78, 5) is 4.65. The predicted molar refractivity (Wildman–Crippen MR) is 160 cm³/mol. The molecule has 2 atom stereocenters. The van der Waals surface area contributed by atoms with Crippen LogP contribution in [0.1, 0.15) is 35.6 Å². The van der Waals surface area contributed by atoms with Crippen LogP contribution in [0.4, 0.5) is 17.6 Å². The van der Waals surface area contributed by atoms with Crippen LogP contribution in [0.2, 0.25) is 0 Å². The Morgan fingerprint density at radius 1 is 0.837 bits per heavy atom. The van der Waals surface area contributed by atoms with Gasteiger partial charge in [-0.1, -0.05) is 70.5 Å². The van der Waals surface area contributed by atoms with Crippen LogP contribution < -0.4 is 14.8 Å². The molecule has 0 amide bonds. The number of hydrogen-bond donors (Lipinski definition) is 1. The molecule has 224 valence electrons. The maximum atomic E-state index is 15.2. The second-order valence-corrected chi connectivity index (χ2v) is 11.3. The van der Waals surface area contributed by atoms with Gasteiger partial charge in [-0.15, -0.1) is 0 Å². The molecular formula is C33H29BrF4N2O3. The summed E-state index contributed by atoms with van der Waals surface area (Å²) in [7, 11) is 3.09. The molecule has 0 unspecified atom stereocenters. The summed E-state index contributed by atoms with van der Waals surface area (Å²) in [6.07, 6.45) is -7.61. The van der Waals surface area contributed by atoms with Gasteiger partial charge in [0.05, 0.1) is 19.8 Å². The molecule has 0 saturated heterocycles. The van der Waals surface area contributed by atoms with Crippen molar-refractivity contribution in [1.29, 1.82) is 0 Å². The van der Waals surface area contributed by atoms with Crippen molar-refractivity contribution >= 4 is 22.0 Å². The Balaban J connectivity index is 1.76. The first-order valence-corrected chi connectivity index (χ1v) is 14.2. The minimum absolute atomic E-state index is 0.0120. The van der Waals surface area contributed by atoms with E-state index >= 15 is 4.39 Å². The van der Waals surface area contributed by atoms with Crippen molar-refractivity contribution in [2.75, 3.05) is 14.2 Å². The molecular weight excluding hydrogens is 628 g/mol. The van der Waals surface area contributed by atoms with E-state index in [4.69, 9.17) is 14.2 Å². The van der Waals surface area contributed by atoms with Gasteiger partial charge in [-0.25, -0.2) is 9.38 Å². The van der Waals surface area contributed by atoms with Crippen LogP contribution >= 0.6 is 15.9 Å². The maximum absolute atomic E-state index is 15.2. The number of amidine groups is 1. The predicted octanol–water partition coefficient (Wildman–Crippen LogP) is 8.11. The summed E-state index contributed by atoms with van der Waals surface area (Å²) in [5, 5.41) is 3.27. The first kappa shape index (κ1) is 30.4. The topological polar surface area (TPSA) is 52.1 Å². The molecule has 1 N–H and O–H groups in total. The van der Waals surface area contributed by atoms with Gasteiger partial charge in [0, 0.05) is 16.5 Å². The van der Waals surface area contributed by atoms with Gasteiger partial charge >= 0.3 is 6.18 Å². The SMILES string of the molecule is COc1ccc(C(NC2=N[C@](C)(c3cc(Br)ccc3F)C[C@@H](C(F)(F)F)O2)(c2ccccc2)c2ccc(OC)cc2)cc1. The highest BCUT2D eigenvalue weighted by molar-refractivity contribution is 9.10. The van der Waals surface area contributed by atoms with Crippen molar-refractivity contribution < 1.29 is 31.8 Å². The molecule has 0 radical (unpaired) electrons. The van der Waals surface area contributed by atoms with Crippen molar-refractivity contribution in [3.8, 4) is 11.5 Å². The van der Waals surface area contributed by atoms with Gasteiger partial charge < -0.3 is 19.5 Å². The Morgan fingerprint density at radius 2 is 1.37 bits per heavy atom. The molecule has 0 bridgehead atoms. The molecule has 1 aliphatic rings. The Bertz CT molecular complexity index is 1550. The standard InChI is InChI=1S/C33H29BrF4N2O3/c1-31(27-19-24(34)13-18-28(27)35)20-29(33(36,37)38)43-30(39-31)40-32(21-7-5-4-6-8-21,22-9-14-25(41-2)15-10-22)23-11-16-26(42-3)17-12-23/h4-19,29H,20H2,1-3H3,(H,39,40)/t29-,31-/m0/s1. The molecule has 5 rings (SSSR count). The molecule has 4 aromatic carbocycles. The summed E-state index contributed by atoms with van der Waals surface area (Å²) >= 11 is 3.32. The lowest BCUT2D eigenvalue weighted by Gasteiger charge is -2.42. The number of halogens is 5. The van der Waals surface area contributed by atoms with Crippen LogP contribution in [0.25, 0.3) is 0 Å². The summed E-state index contributed by atoms with van der Waals surface area (Å²) in [6, 6.07) is 27.3. The lowest BCUT2D eigenvalue weighted by atomic mass is 9.77. The third-order valence-electron chi connectivity index (χ3n) is 7.61. The maximum Gasteiger partial charge on any atom is 0.425 e. The third-order valence-corrected chi connectivity index (χ3v) is 8.10. The van der Waals surface area contributed by atoms with Crippen LogP contribution in [-0.4, -0.2) is 32.5 Å². The number of rotatable bonds is 7. The summed E-state index contributed by atoms with van der Waals surface area (Å²) < 4.78 is 75.2. The van der Waals surface area contributed by atoms with E-state index in [1.807, 2.05) is 54.6 Å². The minimum Gasteiger partial charge on any atom is -0.497 e. The fourth-order valence-corrected chi connectivity index (χ4v) is 5.76. The van der Waals surface area contributed by atoms with E-state index in [1.54, 1.807) is 38.5 Å². The number of aliphatic imine (C=N–C) groups is 1. The van der Waals surface area contributed by atoms with Crippen molar-refractivity contribution in [1.82, 2.24) is 5.32 Å². The number of nitrogens with zero attached hydrogens (tertiary/aromatic N) is 1. The summed E-state index contributed by atoms with van der Waals surface area (Å²) in [5.74, 6) is 0.527. The zero-order valence-electron chi connectivity index (χ0n) is 23.6. The van der Waals surface area contributed by atoms with Crippen molar-refractivity contribution in [3.05, 3.63) is 130 Å². The third kappa shape index (κ3) is 6.06. The quantitative estimate of drug-likeness (QED) is 0.161. The molecule has 0 fully saturated rings. The fraction of sp³-hybridized carbons (Fsp3) is 0.242. The molecule has 43 heavy (non-hydrogen) atoms. The van der Waals surface area contributed by atoms with Crippen molar-refractivity contribution in [3.63, 3.8) is 0 Å². The Hall–Kier alpha value is -4.05. The van der Waals surface area contributed by atoms with Gasteiger partial charge in [-0.2, -0.15) is 13.2 Å². The first-order valence-electron chi connectivity index (χ1n) is 13.4. The minimum atomic E-state index is -4.75. The highest BCUT2D eigenvalue weighted by Crippen LogP contribution is 2.44. The molecule has 1 heterocycles. The van der Waals surface area contributed by atoms with Crippen molar-refractivity contribution in [2.45, 2.75) is 36.7 Å². The lowest BCUT2D eigenvalue weighted by Crippen LogP contribution is -2.54. The summed E-state index contributed by atoms with van der Waals surface area (Å²) in [5.41, 5.74) is -0.875. The Morgan fingerprint density at radius 3 is 1.88 bits per heavy atom. The van der Waals surface area contributed by atoms with E-state index < -0.39 is 35.6 Å². The number of hydrogen-bond acceptors (Lipinski definition) is 5. The summed E-state index contributed by atoms with van der Waals surface area (Å²) in [6.45, 7) is 1.48. The van der Waals surface area contributed by atoms with Crippen LogP contribution in [0.5, 0.6) is 11.5 Å². The molecule has 0 spiro atoms. The molecule has 0 saturated carbocycles. The van der Waals surface area contributed by atoms with E-state index in [-0.39, 0.29) is 11.6 Å². The number of methoxy groups -OCH3 is 2. The van der Waals surface area contributed by atoms with Gasteiger partial charge in [0.15, 0.2) is 6.10 Å². The lowest BCUT2D eigenvalue weighted by molar-refractivity contribution is -0.209. The van der Waals surface area contributed by atoms with Crippen LogP contribution in [0.3, 0.4) is 0 Å². The van der Waals surface area contributed by atoms with E-state index in [9.17, 15) is 13.2 Å². The molecule has 0 aliphatic carbocycles. The first-order chi connectivity index (χ1) is 20.5. The highest BCUT2D eigenvalue weighted by atomic mass is 79.9. The molecule has 4 aromatic rings. The van der Waals surface area contributed by atoms with Gasteiger partial charge in [-0.3, -0.25) is 0 Å². The van der Waals surface area contributed by atoms with Crippen LogP contribution in [0.15, 0.2) is 107 Å². The van der Waals surface area contributed by atoms with E-state index in [2.05, 4.69) is 26.2 Å². The number of benzene rings is 4. The zero-order valence-corrected chi connectivity index (χ0v) is 25.2. The monoisotopic (exact) mass is 656 g/mol. The van der Waals surface area contributed by atoms with Gasteiger partial charge in [0.2, 0.25) is 0 Å². The second-order valence-electron chi connectivity index (χ2n) is 10.4. The fourth-order valence-electron chi connectivity index (χ4n) is 5.40. The molecule has 5 nitrogen and oxygen atoms in total. The zero-order chi connectivity index (χ0) is 30.8. The Labute approximate surface area is 255 Å². The van der Waals surface area contributed by atoms with E-state index in [1.165, 1.54) is 25.1 Å². The molecule has 1 aliphatic heterocycles. The van der Waals surface area contributed by atoms with Crippen LogP contribution in [0, 0.1) is 5.82 Å². The average molecular weight is 658 g/mol. The number of ether oxygens (including phenoxy) is 3. The average Bonchev–Trinajstić information content (AvgIpc) is 3.01. The van der Waals surface area contributed by atoms with Gasteiger partial charge in [-0.05, 0) is 66.1 Å². The van der Waals surface area contributed by atoms with Gasteiger partial charge in [0.25, 0.3) is 6.02 Å². The van der Waals surface area contributed by atoms with Crippen LogP contribution in [-0.2, 0) is 15.8 Å². The second kappa shape index (κ2) is 11.9. The van der Waals surface area contributed by atoms with Crippen molar-refractivity contribution in [2.24, 2.45) is 4.99 Å².